The normalized spacial score (nSPS) is 19.1. The molecule has 1 aliphatic heterocycles. The molecule has 3 nitrogen and oxygen atoms in total. The summed E-state index contributed by atoms with van der Waals surface area (Å²) in [5.41, 5.74) is 0. The minimum Gasteiger partial charge on any atom is -0.496 e. The molecule has 0 aromatic rings. The molecule has 0 saturated heterocycles. The van der Waals surface area contributed by atoms with Crippen molar-refractivity contribution in [2.24, 2.45) is 0 Å². The maximum Gasteiger partial charge on any atom is 0.121 e. The van der Waals surface area contributed by atoms with Crippen LogP contribution in [-0.2, 0) is 9.47 Å². The number of hydrogen-bond donors (Lipinski definition) is 1. The zero-order valence-corrected chi connectivity index (χ0v) is 8.16. The number of hydrogen-bond acceptors (Lipinski definition) is 3. The molecule has 76 valence electrons. The number of allylic oxidation sites excluding steroid dienone is 1. The van der Waals surface area contributed by atoms with E-state index in [0.29, 0.717) is 19.6 Å². The summed E-state index contributed by atoms with van der Waals surface area (Å²) in [6.07, 6.45) is 4.19. The maximum absolute atomic E-state index is 9.63. The van der Waals surface area contributed by atoms with Crippen LogP contribution in [0.5, 0.6) is 0 Å². The summed E-state index contributed by atoms with van der Waals surface area (Å²) in [5, 5.41) is 9.63. The lowest BCUT2D eigenvalue weighted by molar-refractivity contribution is 0.0572. The van der Waals surface area contributed by atoms with Crippen LogP contribution >= 0.6 is 0 Å². The van der Waals surface area contributed by atoms with Crippen LogP contribution < -0.4 is 0 Å². The van der Waals surface area contributed by atoms with Gasteiger partial charge in [-0.2, -0.15) is 0 Å². The first kappa shape index (κ1) is 10.5. The first-order chi connectivity index (χ1) is 6.34. The Morgan fingerprint density at radius 2 is 2.54 bits per heavy atom. The van der Waals surface area contributed by atoms with Crippen molar-refractivity contribution < 1.29 is 14.6 Å². The first-order valence-corrected chi connectivity index (χ1v) is 4.93. The van der Waals surface area contributed by atoms with Crippen LogP contribution in [0.1, 0.15) is 26.2 Å². The van der Waals surface area contributed by atoms with Gasteiger partial charge in [-0.1, -0.05) is 0 Å². The Bertz CT molecular complexity index is 166. The van der Waals surface area contributed by atoms with E-state index in [0.717, 1.165) is 25.2 Å². The zero-order chi connectivity index (χ0) is 9.52. The van der Waals surface area contributed by atoms with Crippen molar-refractivity contribution in [3.63, 3.8) is 0 Å². The molecule has 1 aliphatic rings. The van der Waals surface area contributed by atoms with E-state index < -0.39 is 6.10 Å². The second kappa shape index (κ2) is 6.00. The summed E-state index contributed by atoms with van der Waals surface area (Å²) in [5.74, 6) is 0.728. The van der Waals surface area contributed by atoms with Gasteiger partial charge in [0.15, 0.2) is 0 Å². The van der Waals surface area contributed by atoms with Gasteiger partial charge in [0.1, 0.15) is 11.9 Å². The SMILES string of the molecule is CCOCCC(O)C1=CCCCO1. The van der Waals surface area contributed by atoms with Crippen molar-refractivity contribution >= 4 is 0 Å². The lowest BCUT2D eigenvalue weighted by atomic mass is 10.1. The third-order valence-corrected chi connectivity index (χ3v) is 2.03. The van der Waals surface area contributed by atoms with E-state index in [2.05, 4.69) is 0 Å². The van der Waals surface area contributed by atoms with Crippen LogP contribution in [-0.4, -0.2) is 31.0 Å². The van der Waals surface area contributed by atoms with Gasteiger partial charge in [0.2, 0.25) is 0 Å². The van der Waals surface area contributed by atoms with Crippen molar-refractivity contribution in [1.29, 1.82) is 0 Å². The lowest BCUT2D eigenvalue weighted by Gasteiger charge is -2.19. The highest BCUT2D eigenvalue weighted by Gasteiger charge is 2.14. The predicted molar refractivity (Wildman–Crippen MR) is 50.4 cm³/mol. The van der Waals surface area contributed by atoms with Crippen LogP contribution in [0.25, 0.3) is 0 Å². The van der Waals surface area contributed by atoms with Gasteiger partial charge in [0.05, 0.1) is 6.61 Å². The fourth-order valence-corrected chi connectivity index (χ4v) is 1.29. The van der Waals surface area contributed by atoms with Gasteiger partial charge >= 0.3 is 0 Å². The molecule has 0 spiro atoms. The van der Waals surface area contributed by atoms with E-state index in [1.54, 1.807) is 0 Å². The van der Waals surface area contributed by atoms with Crippen LogP contribution in [0.3, 0.4) is 0 Å². The summed E-state index contributed by atoms with van der Waals surface area (Å²) < 4.78 is 10.5. The van der Waals surface area contributed by atoms with E-state index in [1.165, 1.54) is 0 Å². The molecule has 0 bridgehead atoms. The second-order valence-electron chi connectivity index (χ2n) is 3.10. The second-order valence-corrected chi connectivity index (χ2v) is 3.10. The molecule has 1 rings (SSSR count). The van der Waals surface area contributed by atoms with E-state index >= 15 is 0 Å². The average molecular weight is 186 g/mol. The van der Waals surface area contributed by atoms with E-state index in [4.69, 9.17) is 9.47 Å². The lowest BCUT2D eigenvalue weighted by Crippen LogP contribution is -2.18. The minimum absolute atomic E-state index is 0.480. The molecule has 0 aliphatic carbocycles. The molecular formula is C10H18O3. The molecule has 1 atom stereocenters. The van der Waals surface area contributed by atoms with Gasteiger partial charge in [-0.05, 0) is 25.8 Å². The van der Waals surface area contributed by atoms with Gasteiger partial charge < -0.3 is 14.6 Å². The molecular weight excluding hydrogens is 168 g/mol. The molecule has 1 heterocycles. The molecule has 1 N–H and O–H groups in total. The Balaban J connectivity index is 2.21. The van der Waals surface area contributed by atoms with Crippen LogP contribution in [0.15, 0.2) is 11.8 Å². The smallest absolute Gasteiger partial charge is 0.121 e. The average Bonchev–Trinajstić information content (AvgIpc) is 2.19. The molecule has 3 heteroatoms. The fourth-order valence-electron chi connectivity index (χ4n) is 1.29. The molecule has 1 unspecified atom stereocenters. The van der Waals surface area contributed by atoms with Crippen molar-refractivity contribution in [2.45, 2.75) is 32.3 Å². The van der Waals surface area contributed by atoms with Gasteiger partial charge in [-0.3, -0.25) is 0 Å². The molecule has 0 fully saturated rings. The Hall–Kier alpha value is -0.540. The van der Waals surface area contributed by atoms with E-state index in [1.807, 2.05) is 13.0 Å². The fraction of sp³-hybridized carbons (Fsp3) is 0.800. The third-order valence-electron chi connectivity index (χ3n) is 2.03. The number of aliphatic hydroxyl groups excluding tert-OH is 1. The molecule has 0 saturated carbocycles. The van der Waals surface area contributed by atoms with Gasteiger partial charge in [0.25, 0.3) is 0 Å². The zero-order valence-electron chi connectivity index (χ0n) is 8.16. The standard InChI is InChI=1S/C10H18O3/c1-2-12-8-6-9(11)10-5-3-4-7-13-10/h5,9,11H,2-4,6-8H2,1H3. The summed E-state index contributed by atoms with van der Waals surface area (Å²) in [6.45, 7) is 3.98. The maximum atomic E-state index is 9.63. The predicted octanol–water partition coefficient (Wildman–Crippen LogP) is 1.47. The van der Waals surface area contributed by atoms with Gasteiger partial charge in [-0.15, -0.1) is 0 Å². The summed E-state index contributed by atoms with van der Waals surface area (Å²) in [7, 11) is 0. The Morgan fingerprint density at radius 1 is 1.69 bits per heavy atom. The van der Waals surface area contributed by atoms with Gasteiger partial charge in [-0.25, -0.2) is 0 Å². The van der Waals surface area contributed by atoms with Crippen molar-refractivity contribution in [1.82, 2.24) is 0 Å². The van der Waals surface area contributed by atoms with Crippen LogP contribution in [0.4, 0.5) is 0 Å². The van der Waals surface area contributed by atoms with Crippen molar-refractivity contribution in [2.75, 3.05) is 19.8 Å². The minimum atomic E-state index is -0.480. The topological polar surface area (TPSA) is 38.7 Å². The quantitative estimate of drug-likeness (QED) is 0.661. The molecule has 0 amide bonds. The number of ether oxygens (including phenoxy) is 2. The van der Waals surface area contributed by atoms with Crippen LogP contribution in [0.2, 0.25) is 0 Å². The molecule has 0 aromatic heterocycles. The number of rotatable bonds is 5. The number of aliphatic hydroxyl groups is 1. The summed E-state index contributed by atoms with van der Waals surface area (Å²) in [4.78, 5) is 0. The monoisotopic (exact) mass is 186 g/mol. The van der Waals surface area contributed by atoms with Crippen molar-refractivity contribution in [3.8, 4) is 0 Å². The van der Waals surface area contributed by atoms with E-state index in [-0.39, 0.29) is 0 Å². The highest BCUT2D eigenvalue weighted by molar-refractivity contribution is 5.01. The third kappa shape index (κ3) is 3.79. The Labute approximate surface area is 79.3 Å². The summed E-state index contributed by atoms with van der Waals surface area (Å²) in [6, 6.07) is 0. The Kier molecular flexibility index (Phi) is 4.86. The van der Waals surface area contributed by atoms with Crippen molar-refractivity contribution in [3.05, 3.63) is 11.8 Å². The van der Waals surface area contributed by atoms with Crippen LogP contribution in [0, 0.1) is 0 Å². The largest absolute Gasteiger partial charge is 0.496 e. The molecule has 0 radical (unpaired) electrons. The molecule has 13 heavy (non-hydrogen) atoms. The summed E-state index contributed by atoms with van der Waals surface area (Å²) >= 11 is 0. The highest BCUT2D eigenvalue weighted by Crippen LogP contribution is 2.15. The molecule has 0 aromatic carbocycles. The highest BCUT2D eigenvalue weighted by atomic mass is 16.5. The Morgan fingerprint density at radius 3 is 3.15 bits per heavy atom. The van der Waals surface area contributed by atoms with E-state index in [9.17, 15) is 5.11 Å². The first-order valence-electron chi connectivity index (χ1n) is 4.93. The van der Waals surface area contributed by atoms with Gasteiger partial charge in [0, 0.05) is 19.6 Å².